The number of rotatable bonds is 2. The van der Waals surface area contributed by atoms with Crippen molar-refractivity contribution in [2.45, 2.75) is 25.8 Å². The van der Waals surface area contributed by atoms with Crippen molar-refractivity contribution in [1.29, 1.82) is 0 Å². The zero-order valence-electron chi connectivity index (χ0n) is 10.6. The van der Waals surface area contributed by atoms with Crippen molar-refractivity contribution in [3.05, 3.63) is 36.3 Å². The normalized spacial score (nSPS) is 24.7. The summed E-state index contributed by atoms with van der Waals surface area (Å²) in [6, 6.07) is 7.24. The van der Waals surface area contributed by atoms with Crippen LogP contribution in [-0.2, 0) is 6.42 Å². The molecule has 3 nitrogen and oxygen atoms in total. The van der Waals surface area contributed by atoms with E-state index in [0.29, 0.717) is 6.04 Å². The Morgan fingerprint density at radius 1 is 1.39 bits per heavy atom. The highest BCUT2D eigenvalue weighted by Crippen LogP contribution is 2.46. The maximum atomic E-state index is 4.35. The summed E-state index contributed by atoms with van der Waals surface area (Å²) in [6.07, 6.45) is 6.40. The smallest absolute Gasteiger partial charge is 0.0953 e. The lowest BCUT2D eigenvalue weighted by Gasteiger charge is -2.11. The molecule has 1 aliphatic heterocycles. The summed E-state index contributed by atoms with van der Waals surface area (Å²) in [5, 5.41) is 3.51. The monoisotopic (exact) mass is 239 g/mol. The van der Waals surface area contributed by atoms with Crippen LogP contribution < -0.4 is 5.32 Å². The fourth-order valence-corrected chi connectivity index (χ4v) is 3.02. The lowest BCUT2D eigenvalue weighted by atomic mass is 10.1. The van der Waals surface area contributed by atoms with Crippen LogP contribution in [0.5, 0.6) is 0 Å². The standard InChI is InChI=1S/C15H17N3/c1-10-7-13(10)18-9-16-8-14(18)12-4-2-3-11-5-6-17-15(11)12/h2-4,8-10,13,17H,5-7H2,1H3. The van der Waals surface area contributed by atoms with Crippen molar-refractivity contribution in [1.82, 2.24) is 9.55 Å². The van der Waals surface area contributed by atoms with Gasteiger partial charge in [-0.25, -0.2) is 4.98 Å². The van der Waals surface area contributed by atoms with Crippen molar-refractivity contribution in [3.8, 4) is 11.3 Å². The van der Waals surface area contributed by atoms with Crippen LogP contribution in [0.4, 0.5) is 5.69 Å². The SMILES string of the molecule is CC1CC1n1cncc1-c1cccc2c1NCC2. The molecule has 2 heterocycles. The minimum Gasteiger partial charge on any atom is -0.384 e. The fraction of sp³-hybridized carbons (Fsp3) is 0.400. The molecule has 0 amide bonds. The number of hydrogen-bond donors (Lipinski definition) is 1. The molecule has 1 aliphatic carbocycles. The Kier molecular flexibility index (Phi) is 2.04. The maximum Gasteiger partial charge on any atom is 0.0953 e. The van der Waals surface area contributed by atoms with Gasteiger partial charge in [0, 0.05) is 23.8 Å². The lowest BCUT2D eigenvalue weighted by Crippen LogP contribution is -1.99. The van der Waals surface area contributed by atoms with Gasteiger partial charge in [-0.1, -0.05) is 25.1 Å². The predicted octanol–water partition coefficient (Wildman–Crippen LogP) is 3.10. The van der Waals surface area contributed by atoms with Crippen LogP contribution in [-0.4, -0.2) is 16.1 Å². The average Bonchev–Trinajstić information content (AvgIpc) is 2.88. The molecule has 1 N–H and O–H groups in total. The molecule has 92 valence electrons. The van der Waals surface area contributed by atoms with E-state index in [1.165, 1.54) is 28.9 Å². The maximum absolute atomic E-state index is 4.35. The van der Waals surface area contributed by atoms with E-state index < -0.39 is 0 Å². The van der Waals surface area contributed by atoms with E-state index in [4.69, 9.17) is 0 Å². The molecule has 1 saturated carbocycles. The van der Waals surface area contributed by atoms with Gasteiger partial charge in [0.15, 0.2) is 0 Å². The third-order valence-electron chi connectivity index (χ3n) is 4.21. The topological polar surface area (TPSA) is 29.9 Å². The first-order valence-corrected chi connectivity index (χ1v) is 6.72. The van der Waals surface area contributed by atoms with Crippen LogP contribution in [0, 0.1) is 5.92 Å². The van der Waals surface area contributed by atoms with Crippen molar-refractivity contribution in [2.24, 2.45) is 5.92 Å². The first-order valence-electron chi connectivity index (χ1n) is 6.72. The number of hydrogen-bond acceptors (Lipinski definition) is 2. The zero-order valence-corrected chi connectivity index (χ0v) is 10.6. The zero-order chi connectivity index (χ0) is 12.1. The van der Waals surface area contributed by atoms with Gasteiger partial charge in [-0.05, 0) is 24.3 Å². The molecule has 2 aliphatic rings. The van der Waals surface area contributed by atoms with Gasteiger partial charge in [0.25, 0.3) is 0 Å². The first kappa shape index (κ1) is 10.2. The molecule has 18 heavy (non-hydrogen) atoms. The number of para-hydroxylation sites is 1. The highest BCUT2D eigenvalue weighted by atomic mass is 15.1. The van der Waals surface area contributed by atoms with Gasteiger partial charge in [0.1, 0.15) is 0 Å². The van der Waals surface area contributed by atoms with Crippen LogP contribution in [0.15, 0.2) is 30.7 Å². The van der Waals surface area contributed by atoms with E-state index in [0.717, 1.165) is 18.9 Å². The average molecular weight is 239 g/mol. The second-order valence-corrected chi connectivity index (χ2v) is 5.48. The highest BCUT2D eigenvalue weighted by Gasteiger charge is 2.35. The molecular formula is C15H17N3. The molecule has 1 aromatic heterocycles. The van der Waals surface area contributed by atoms with Crippen LogP contribution >= 0.6 is 0 Å². The van der Waals surface area contributed by atoms with Crippen molar-refractivity contribution < 1.29 is 0 Å². The third kappa shape index (κ3) is 1.40. The molecule has 0 radical (unpaired) electrons. The van der Waals surface area contributed by atoms with Gasteiger partial charge in [0.2, 0.25) is 0 Å². The Bertz CT molecular complexity index is 600. The molecule has 0 bridgehead atoms. The van der Waals surface area contributed by atoms with Crippen molar-refractivity contribution >= 4 is 5.69 Å². The van der Waals surface area contributed by atoms with E-state index in [1.54, 1.807) is 0 Å². The molecule has 0 saturated heterocycles. The van der Waals surface area contributed by atoms with E-state index in [9.17, 15) is 0 Å². The number of aromatic nitrogens is 2. The van der Waals surface area contributed by atoms with Crippen molar-refractivity contribution in [3.63, 3.8) is 0 Å². The molecule has 0 spiro atoms. The van der Waals surface area contributed by atoms with Gasteiger partial charge in [-0.15, -0.1) is 0 Å². The van der Waals surface area contributed by atoms with E-state index in [2.05, 4.69) is 40.0 Å². The molecular weight excluding hydrogens is 222 g/mol. The van der Waals surface area contributed by atoms with Gasteiger partial charge >= 0.3 is 0 Å². The number of nitrogens with zero attached hydrogens (tertiary/aromatic N) is 2. The second-order valence-electron chi connectivity index (χ2n) is 5.48. The van der Waals surface area contributed by atoms with E-state index in [-0.39, 0.29) is 0 Å². The van der Waals surface area contributed by atoms with Crippen LogP contribution in [0.3, 0.4) is 0 Å². The predicted molar refractivity (Wildman–Crippen MR) is 72.7 cm³/mol. The summed E-state index contributed by atoms with van der Waals surface area (Å²) < 4.78 is 2.35. The molecule has 4 rings (SSSR count). The van der Waals surface area contributed by atoms with E-state index >= 15 is 0 Å². The molecule has 2 aromatic rings. The Morgan fingerprint density at radius 2 is 2.28 bits per heavy atom. The summed E-state index contributed by atoms with van der Waals surface area (Å²) in [5.74, 6) is 0.794. The minimum absolute atomic E-state index is 0.653. The summed E-state index contributed by atoms with van der Waals surface area (Å²) in [7, 11) is 0. The molecule has 2 atom stereocenters. The Balaban J connectivity index is 1.84. The summed E-state index contributed by atoms with van der Waals surface area (Å²) >= 11 is 0. The van der Waals surface area contributed by atoms with Crippen LogP contribution in [0.1, 0.15) is 24.9 Å². The Hall–Kier alpha value is -1.77. The molecule has 2 unspecified atom stereocenters. The number of fused-ring (bicyclic) bond motifs is 1. The number of imidazole rings is 1. The van der Waals surface area contributed by atoms with Gasteiger partial charge in [-0.2, -0.15) is 0 Å². The Labute approximate surface area is 107 Å². The summed E-state index contributed by atoms with van der Waals surface area (Å²) in [6.45, 7) is 3.36. The summed E-state index contributed by atoms with van der Waals surface area (Å²) in [4.78, 5) is 4.35. The first-order chi connectivity index (χ1) is 8.84. The van der Waals surface area contributed by atoms with Gasteiger partial charge in [-0.3, -0.25) is 0 Å². The number of anilines is 1. The van der Waals surface area contributed by atoms with Gasteiger partial charge < -0.3 is 9.88 Å². The lowest BCUT2D eigenvalue weighted by molar-refractivity contribution is 0.691. The van der Waals surface area contributed by atoms with Crippen LogP contribution in [0.25, 0.3) is 11.3 Å². The molecule has 1 fully saturated rings. The fourth-order valence-electron chi connectivity index (χ4n) is 3.02. The quantitative estimate of drug-likeness (QED) is 0.872. The minimum atomic E-state index is 0.653. The number of benzene rings is 1. The third-order valence-corrected chi connectivity index (χ3v) is 4.21. The second kappa shape index (κ2) is 3.61. The Morgan fingerprint density at radius 3 is 3.11 bits per heavy atom. The van der Waals surface area contributed by atoms with Crippen LogP contribution in [0.2, 0.25) is 0 Å². The molecule has 3 heteroatoms. The largest absolute Gasteiger partial charge is 0.384 e. The molecule has 1 aromatic carbocycles. The highest BCUT2D eigenvalue weighted by molar-refractivity contribution is 5.80. The van der Waals surface area contributed by atoms with Gasteiger partial charge in [0.05, 0.1) is 18.2 Å². The number of nitrogens with one attached hydrogen (secondary N) is 1. The summed E-state index contributed by atoms with van der Waals surface area (Å²) in [5.41, 5.74) is 5.31. The van der Waals surface area contributed by atoms with Crippen molar-refractivity contribution in [2.75, 3.05) is 11.9 Å². The van der Waals surface area contributed by atoms with E-state index in [1.807, 2.05) is 12.5 Å².